The van der Waals surface area contributed by atoms with E-state index in [1.165, 1.54) is 0 Å². The SMILES string of the molecule is C[C@H]1[C@H]([Si](C)(C)F)[C@@H](CCn2cc(CCO)nn2)O[C@]12C(=O)N(Cc1ccc(N3CCC3=O)cc1)c1ccc(Br)cc12. The Hall–Kier alpha value is -2.93. The molecule has 1 spiro atoms. The highest BCUT2D eigenvalue weighted by Gasteiger charge is 2.66. The molecule has 222 valence electrons. The van der Waals surface area contributed by atoms with E-state index in [-0.39, 0.29) is 24.3 Å². The Morgan fingerprint density at radius 2 is 1.95 bits per heavy atom. The summed E-state index contributed by atoms with van der Waals surface area (Å²) in [6.45, 7) is 6.85. The van der Waals surface area contributed by atoms with Crippen molar-refractivity contribution in [3.8, 4) is 0 Å². The van der Waals surface area contributed by atoms with Crippen molar-refractivity contribution in [2.75, 3.05) is 23.0 Å². The van der Waals surface area contributed by atoms with Crippen molar-refractivity contribution in [1.29, 1.82) is 0 Å². The minimum absolute atomic E-state index is 0.00990. The summed E-state index contributed by atoms with van der Waals surface area (Å²) in [4.78, 5) is 29.9. The maximum Gasteiger partial charge on any atom is 0.264 e. The standard InChI is InChI=1S/C30H35BrFN5O4Si/c1-19-28(42(2,3)32)26(10-13-35-18-22(12-15-38)33-34-35)41-30(19)24-16-21(31)6-9-25(24)37(29(30)40)17-20-4-7-23(8-5-20)36-14-11-27(36)39/h4-9,16,18-19,26,28,38H,10-15,17H2,1-3H3/t19-,26+,28-,30+/m0/s1. The molecule has 1 aromatic heterocycles. The number of aromatic nitrogens is 3. The number of anilines is 2. The van der Waals surface area contributed by atoms with Gasteiger partial charge in [0.25, 0.3) is 5.91 Å². The molecule has 3 aromatic rings. The van der Waals surface area contributed by atoms with Crippen LogP contribution in [0.1, 0.15) is 36.6 Å². The average Bonchev–Trinajstić information content (AvgIpc) is 3.58. The second-order valence-electron chi connectivity index (χ2n) is 12.0. The first kappa shape index (κ1) is 29.2. The van der Waals surface area contributed by atoms with E-state index in [1.54, 1.807) is 33.8 Å². The Labute approximate surface area is 254 Å². The highest BCUT2D eigenvalue weighted by atomic mass is 79.9. The van der Waals surface area contributed by atoms with Crippen LogP contribution in [-0.4, -0.2) is 59.6 Å². The van der Waals surface area contributed by atoms with E-state index in [0.29, 0.717) is 38.0 Å². The van der Waals surface area contributed by atoms with E-state index in [9.17, 15) is 14.7 Å². The summed E-state index contributed by atoms with van der Waals surface area (Å²) in [6, 6.07) is 13.5. The highest BCUT2D eigenvalue weighted by molar-refractivity contribution is 9.10. The molecule has 6 rings (SSSR count). The van der Waals surface area contributed by atoms with Crippen LogP contribution in [0, 0.1) is 5.92 Å². The van der Waals surface area contributed by atoms with Crippen molar-refractivity contribution in [3.05, 3.63) is 70.0 Å². The van der Waals surface area contributed by atoms with Gasteiger partial charge in [-0.2, -0.15) is 0 Å². The Bertz CT molecular complexity index is 1510. The van der Waals surface area contributed by atoms with Gasteiger partial charge in [-0.15, -0.1) is 5.10 Å². The smallest absolute Gasteiger partial charge is 0.264 e. The van der Waals surface area contributed by atoms with Crippen LogP contribution in [0.15, 0.2) is 53.1 Å². The number of nitrogens with zero attached hydrogens (tertiary/aromatic N) is 5. The Kier molecular flexibility index (Phi) is 7.61. The summed E-state index contributed by atoms with van der Waals surface area (Å²) in [5, 5.41) is 17.5. The van der Waals surface area contributed by atoms with Crippen molar-refractivity contribution in [3.63, 3.8) is 0 Å². The lowest BCUT2D eigenvalue weighted by molar-refractivity contribution is -0.146. The third-order valence-corrected chi connectivity index (χ3v) is 11.9. The number of hydrogen-bond donors (Lipinski definition) is 1. The summed E-state index contributed by atoms with van der Waals surface area (Å²) in [7, 11) is -3.29. The molecule has 42 heavy (non-hydrogen) atoms. The minimum atomic E-state index is -3.29. The second-order valence-corrected chi connectivity index (χ2v) is 16.7. The fraction of sp³-hybridized carbons (Fsp3) is 0.467. The largest absolute Gasteiger partial charge is 0.396 e. The van der Waals surface area contributed by atoms with Crippen LogP contribution >= 0.6 is 15.9 Å². The zero-order chi connectivity index (χ0) is 29.8. The number of β-lactam (4-membered cyclic amide) rings is 1. The molecule has 12 heteroatoms. The number of benzene rings is 2. The van der Waals surface area contributed by atoms with Gasteiger partial charge in [0.15, 0.2) is 5.60 Å². The molecule has 0 bridgehead atoms. The predicted octanol–water partition coefficient (Wildman–Crippen LogP) is 4.72. The number of aliphatic hydroxyl groups is 1. The summed E-state index contributed by atoms with van der Waals surface area (Å²) >= 11 is 3.59. The molecule has 3 aliphatic heterocycles. The first-order valence-corrected chi connectivity index (χ1v) is 18.2. The van der Waals surface area contributed by atoms with Gasteiger partial charge in [0.05, 0.1) is 24.0 Å². The molecule has 2 aromatic carbocycles. The molecule has 4 atom stereocenters. The van der Waals surface area contributed by atoms with Crippen LogP contribution in [0.25, 0.3) is 0 Å². The number of aryl methyl sites for hydroxylation is 1. The van der Waals surface area contributed by atoms with Crippen molar-refractivity contribution in [1.82, 2.24) is 15.0 Å². The summed E-state index contributed by atoms with van der Waals surface area (Å²) in [5.41, 5.74) is 2.27. The van der Waals surface area contributed by atoms with E-state index >= 15 is 4.11 Å². The van der Waals surface area contributed by atoms with Crippen LogP contribution < -0.4 is 9.80 Å². The number of carbonyl (C=O) groups is 2. The molecule has 2 saturated heterocycles. The Morgan fingerprint density at radius 1 is 1.19 bits per heavy atom. The number of fused-ring (bicyclic) bond motifs is 2. The van der Waals surface area contributed by atoms with Gasteiger partial charge in [0.1, 0.15) is 0 Å². The van der Waals surface area contributed by atoms with Crippen LogP contribution in [0.2, 0.25) is 18.6 Å². The topological polar surface area (TPSA) is 101 Å². The molecule has 9 nitrogen and oxygen atoms in total. The summed E-state index contributed by atoms with van der Waals surface area (Å²) < 4.78 is 25.4. The van der Waals surface area contributed by atoms with Gasteiger partial charge < -0.3 is 23.8 Å². The lowest BCUT2D eigenvalue weighted by Crippen LogP contribution is -2.45. The number of amides is 2. The fourth-order valence-electron chi connectivity index (χ4n) is 6.93. The van der Waals surface area contributed by atoms with Crippen molar-refractivity contribution >= 4 is 47.5 Å². The van der Waals surface area contributed by atoms with Crippen LogP contribution in [0.5, 0.6) is 0 Å². The van der Waals surface area contributed by atoms with Gasteiger partial charge >= 0.3 is 0 Å². The maximum absolute atomic E-state index is 16.1. The number of hydrogen-bond acceptors (Lipinski definition) is 6. The third kappa shape index (κ3) is 4.91. The van der Waals surface area contributed by atoms with Gasteiger partial charge in [-0.1, -0.05) is 40.2 Å². The molecule has 1 N–H and O–H groups in total. The zero-order valence-electron chi connectivity index (χ0n) is 24.0. The van der Waals surface area contributed by atoms with E-state index in [2.05, 4.69) is 26.2 Å². The molecule has 2 fully saturated rings. The summed E-state index contributed by atoms with van der Waals surface area (Å²) in [6.07, 6.45) is 2.77. The number of carbonyl (C=O) groups excluding carboxylic acids is 2. The van der Waals surface area contributed by atoms with E-state index in [0.717, 1.165) is 33.5 Å². The van der Waals surface area contributed by atoms with E-state index < -0.39 is 25.7 Å². The first-order valence-electron chi connectivity index (χ1n) is 14.4. The summed E-state index contributed by atoms with van der Waals surface area (Å²) in [5.74, 6) is -0.453. The predicted molar refractivity (Wildman–Crippen MR) is 162 cm³/mol. The van der Waals surface area contributed by atoms with Gasteiger partial charge in [-0.25, -0.2) is 0 Å². The fourth-order valence-corrected chi connectivity index (χ4v) is 9.84. The lowest BCUT2D eigenvalue weighted by atomic mass is 9.82. The Balaban J connectivity index is 1.31. The van der Waals surface area contributed by atoms with Crippen LogP contribution in [0.4, 0.5) is 15.5 Å². The Morgan fingerprint density at radius 3 is 2.60 bits per heavy atom. The van der Waals surface area contributed by atoms with Crippen molar-refractivity contribution in [2.45, 2.75) is 69.6 Å². The molecule has 0 saturated carbocycles. The molecular weight excluding hydrogens is 621 g/mol. The molecule has 4 heterocycles. The monoisotopic (exact) mass is 655 g/mol. The third-order valence-electron chi connectivity index (χ3n) is 8.96. The lowest BCUT2D eigenvalue weighted by Gasteiger charge is -2.31. The molecule has 2 amide bonds. The number of halogens is 2. The van der Waals surface area contributed by atoms with Crippen molar-refractivity contribution in [2.24, 2.45) is 5.92 Å². The van der Waals surface area contributed by atoms with Gasteiger partial charge in [-0.05, 0) is 55.4 Å². The van der Waals surface area contributed by atoms with E-state index in [1.807, 2.05) is 49.4 Å². The first-order chi connectivity index (χ1) is 20.0. The average molecular weight is 657 g/mol. The number of rotatable bonds is 9. The van der Waals surface area contributed by atoms with Gasteiger partial charge in [-0.3, -0.25) is 14.3 Å². The molecule has 3 aliphatic rings. The second kappa shape index (κ2) is 11.0. The van der Waals surface area contributed by atoms with Crippen LogP contribution in [0.3, 0.4) is 0 Å². The molecule has 0 unspecified atom stereocenters. The van der Waals surface area contributed by atoms with Gasteiger partial charge in [0.2, 0.25) is 14.3 Å². The maximum atomic E-state index is 16.1. The van der Waals surface area contributed by atoms with Crippen molar-refractivity contribution < 1.29 is 23.5 Å². The minimum Gasteiger partial charge on any atom is -0.396 e. The van der Waals surface area contributed by atoms with Crippen LogP contribution in [-0.2, 0) is 39.4 Å². The normalized spacial score (nSPS) is 25.4. The number of ether oxygens (including phenoxy) is 1. The number of aliphatic hydroxyl groups excluding tert-OH is 1. The van der Waals surface area contributed by atoms with Gasteiger partial charge in [0, 0.05) is 65.9 Å². The zero-order valence-corrected chi connectivity index (χ0v) is 26.6. The molecular formula is C30H35BrFN5O4Si. The van der Waals surface area contributed by atoms with E-state index in [4.69, 9.17) is 4.74 Å². The quantitative estimate of drug-likeness (QED) is 0.203. The molecule has 0 radical (unpaired) electrons. The highest BCUT2D eigenvalue weighted by Crippen LogP contribution is 2.60. The molecule has 0 aliphatic carbocycles.